The van der Waals surface area contributed by atoms with Crippen molar-refractivity contribution in [3.63, 3.8) is 0 Å². The lowest BCUT2D eigenvalue weighted by Gasteiger charge is -2.06. The lowest BCUT2D eigenvalue weighted by atomic mass is 10.0. The summed E-state index contributed by atoms with van der Waals surface area (Å²) in [7, 11) is 0. The summed E-state index contributed by atoms with van der Waals surface area (Å²) in [6.07, 6.45) is 1.74. The molecule has 2 heteroatoms. The van der Waals surface area contributed by atoms with Crippen molar-refractivity contribution in [2.75, 3.05) is 0 Å². The van der Waals surface area contributed by atoms with Crippen LogP contribution in [-0.4, -0.2) is 11.7 Å². The molecule has 0 atom stereocenters. The van der Waals surface area contributed by atoms with Gasteiger partial charge in [0.25, 0.3) is 0 Å². The fourth-order valence-electron chi connectivity index (χ4n) is 1.65. The third-order valence-electron chi connectivity index (χ3n) is 2.60. The van der Waals surface area contributed by atoms with Gasteiger partial charge in [-0.3, -0.25) is 9.98 Å². The van der Waals surface area contributed by atoms with Gasteiger partial charge in [-0.05, 0) is 44.3 Å². The summed E-state index contributed by atoms with van der Waals surface area (Å²) < 4.78 is 0. The molecule has 0 aliphatic rings. The van der Waals surface area contributed by atoms with E-state index in [2.05, 4.69) is 48.7 Å². The second-order valence-electron chi connectivity index (χ2n) is 3.88. The number of pyridine rings is 1. The Morgan fingerprint density at radius 3 is 2.56 bits per heavy atom. The number of rotatable bonds is 2. The molecule has 0 N–H and O–H groups in total. The number of aryl methyl sites for hydroxylation is 2. The minimum absolute atomic E-state index is 0.800. The number of hydrogen-bond donors (Lipinski definition) is 0. The smallest absolute Gasteiger partial charge is 0.0806 e. The SMILES string of the molecule is C=Nc1ccc(-c2cc(C)ccc2C)nc1. The summed E-state index contributed by atoms with van der Waals surface area (Å²) in [5.41, 5.74) is 5.43. The number of nitrogens with zero attached hydrogens (tertiary/aromatic N) is 2. The molecule has 0 amide bonds. The maximum atomic E-state index is 4.39. The molecule has 1 aromatic carbocycles. The van der Waals surface area contributed by atoms with Crippen molar-refractivity contribution in [3.05, 3.63) is 47.7 Å². The van der Waals surface area contributed by atoms with Crippen LogP contribution in [0.5, 0.6) is 0 Å². The summed E-state index contributed by atoms with van der Waals surface area (Å²) in [6.45, 7) is 7.65. The highest BCUT2D eigenvalue weighted by atomic mass is 14.8. The fraction of sp³-hybridized carbons (Fsp3) is 0.143. The molecule has 0 aliphatic heterocycles. The van der Waals surface area contributed by atoms with E-state index in [0.717, 1.165) is 11.4 Å². The van der Waals surface area contributed by atoms with Crippen molar-refractivity contribution in [2.45, 2.75) is 13.8 Å². The zero-order valence-electron chi connectivity index (χ0n) is 9.57. The molecule has 2 rings (SSSR count). The first kappa shape index (κ1) is 10.6. The van der Waals surface area contributed by atoms with Gasteiger partial charge in [-0.1, -0.05) is 17.7 Å². The molecule has 2 nitrogen and oxygen atoms in total. The van der Waals surface area contributed by atoms with Gasteiger partial charge in [0.1, 0.15) is 0 Å². The Bertz CT molecular complexity index is 513. The zero-order chi connectivity index (χ0) is 11.5. The first-order chi connectivity index (χ1) is 7.70. The predicted octanol–water partition coefficient (Wildman–Crippen LogP) is 3.70. The van der Waals surface area contributed by atoms with Crippen LogP contribution in [0.4, 0.5) is 5.69 Å². The molecule has 16 heavy (non-hydrogen) atoms. The van der Waals surface area contributed by atoms with Crippen molar-refractivity contribution < 1.29 is 0 Å². The normalized spacial score (nSPS) is 10.1. The van der Waals surface area contributed by atoms with E-state index in [0.29, 0.717) is 0 Å². The van der Waals surface area contributed by atoms with Crippen LogP contribution >= 0.6 is 0 Å². The summed E-state index contributed by atoms with van der Waals surface area (Å²) in [6, 6.07) is 10.3. The molecule has 0 aliphatic carbocycles. The summed E-state index contributed by atoms with van der Waals surface area (Å²) in [5.74, 6) is 0. The quantitative estimate of drug-likeness (QED) is 0.694. The Morgan fingerprint density at radius 1 is 1.12 bits per heavy atom. The van der Waals surface area contributed by atoms with E-state index in [4.69, 9.17) is 0 Å². The molecule has 0 unspecified atom stereocenters. The summed E-state index contributed by atoms with van der Waals surface area (Å²) >= 11 is 0. The molecule has 1 aromatic heterocycles. The topological polar surface area (TPSA) is 25.2 Å². The Hall–Kier alpha value is -1.96. The largest absolute Gasteiger partial charge is 0.263 e. The number of benzene rings is 1. The molecule has 0 spiro atoms. The lowest BCUT2D eigenvalue weighted by molar-refractivity contribution is 1.28. The van der Waals surface area contributed by atoms with Gasteiger partial charge in [0, 0.05) is 5.56 Å². The van der Waals surface area contributed by atoms with Gasteiger partial charge in [-0.2, -0.15) is 0 Å². The van der Waals surface area contributed by atoms with Crippen LogP contribution in [0.3, 0.4) is 0 Å². The second-order valence-corrected chi connectivity index (χ2v) is 3.88. The van der Waals surface area contributed by atoms with Gasteiger partial charge >= 0.3 is 0 Å². The van der Waals surface area contributed by atoms with Crippen LogP contribution in [0.2, 0.25) is 0 Å². The van der Waals surface area contributed by atoms with Crippen LogP contribution in [0.15, 0.2) is 41.5 Å². The molecule has 0 bridgehead atoms. The molecular weight excluding hydrogens is 196 g/mol. The molecular formula is C14H14N2. The predicted molar refractivity (Wildman–Crippen MR) is 68.4 cm³/mol. The molecule has 0 saturated heterocycles. The molecule has 1 heterocycles. The van der Waals surface area contributed by atoms with Gasteiger partial charge in [0.15, 0.2) is 0 Å². The van der Waals surface area contributed by atoms with E-state index >= 15 is 0 Å². The van der Waals surface area contributed by atoms with Crippen molar-refractivity contribution in [1.29, 1.82) is 0 Å². The Kier molecular flexibility index (Phi) is 2.82. The molecule has 80 valence electrons. The van der Waals surface area contributed by atoms with Crippen molar-refractivity contribution in [2.24, 2.45) is 4.99 Å². The van der Waals surface area contributed by atoms with E-state index in [-0.39, 0.29) is 0 Å². The molecule has 0 fully saturated rings. The van der Waals surface area contributed by atoms with Gasteiger partial charge in [0.2, 0.25) is 0 Å². The van der Waals surface area contributed by atoms with Crippen molar-refractivity contribution in [3.8, 4) is 11.3 Å². The van der Waals surface area contributed by atoms with E-state index in [1.807, 2.05) is 12.1 Å². The highest BCUT2D eigenvalue weighted by Gasteiger charge is 2.03. The van der Waals surface area contributed by atoms with E-state index < -0.39 is 0 Å². The Balaban J connectivity index is 2.49. The summed E-state index contributed by atoms with van der Waals surface area (Å²) in [4.78, 5) is 8.22. The zero-order valence-corrected chi connectivity index (χ0v) is 9.57. The van der Waals surface area contributed by atoms with Crippen LogP contribution < -0.4 is 0 Å². The standard InChI is InChI=1S/C14H14N2/c1-10-4-5-11(2)13(8-10)14-7-6-12(15-3)9-16-14/h4-9H,3H2,1-2H3. The average molecular weight is 210 g/mol. The van der Waals surface area contributed by atoms with Gasteiger partial charge in [0.05, 0.1) is 17.6 Å². The maximum Gasteiger partial charge on any atom is 0.0806 e. The van der Waals surface area contributed by atoms with Gasteiger partial charge in [-0.15, -0.1) is 0 Å². The Morgan fingerprint density at radius 2 is 1.94 bits per heavy atom. The van der Waals surface area contributed by atoms with Crippen molar-refractivity contribution >= 4 is 12.4 Å². The van der Waals surface area contributed by atoms with E-state index in [1.165, 1.54) is 16.7 Å². The second kappa shape index (κ2) is 4.27. The highest BCUT2D eigenvalue weighted by molar-refractivity contribution is 5.65. The number of aromatic nitrogens is 1. The van der Waals surface area contributed by atoms with Gasteiger partial charge < -0.3 is 0 Å². The Labute approximate surface area is 95.7 Å². The first-order valence-electron chi connectivity index (χ1n) is 5.21. The summed E-state index contributed by atoms with van der Waals surface area (Å²) in [5, 5.41) is 0. The van der Waals surface area contributed by atoms with E-state index in [9.17, 15) is 0 Å². The third kappa shape index (κ3) is 2.01. The number of hydrogen-bond acceptors (Lipinski definition) is 2. The maximum absolute atomic E-state index is 4.39. The van der Waals surface area contributed by atoms with Crippen LogP contribution in [-0.2, 0) is 0 Å². The number of aliphatic imine (C=N–C) groups is 1. The molecule has 0 saturated carbocycles. The van der Waals surface area contributed by atoms with E-state index in [1.54, 1.807) is 6.20 Å². The lowest BCUT2D eigenvalue weighted by Crippen LogP contribution is -1.87. The van der Waals surface area contributed by atoms with Crippen LogP contribution in [0, 0.1) is 13.8 Å². The third-order valence-corrected chi connectivity index (χ3v) is 2.60. The minimum atomic E-state index is 0.800. The first-order valence-corrected chi connectivity index (χ1v) is 5.21. The van der Waals surface area contributed by atoms with Gasteiger partial charge in [-0.25, -0.2) is 0 Å². The molecule has 2 aromatic rings. The van der Waals surface area contributed by atoms with Crippen LogP contribution in [0.25, 0.3) is 11.3 Å². The fourth-order valence-corrected chi connectivity index (χ4v) is 1.65. The minimum Gasteiger partial charge on any atom is -0.263 e. The highest BCUT2D eigenvalue weighted by Crippen LogP contribution is 2.23. The van der Waals surface area contributed by atoms with Crippen molar-refractivity contribution in [1.82, 2.24) is 4.98 Å². The van der Waals surface area contributed by atoms with Crippen LogP contribution in [0.1, 0.15) is 11.1 Å². The monoisotopic (exact) mass is 210 g/mol. The average Bonchev–Trinajstić information content (AvgIpc) is 2.32. The molecule has 0 radical (unpaired) electrons.